The number of ether oxygens (including phenoxy) is 1. The fourth-order valence-corrected chi connectivity index (χ4v) is 1.35. The van der Waals surface area contributed by atoms with Crippen LogP contribution in [0.1, 0.15) is 5.56 Å². The molecule has 0 fully saturated rings. The number of nitrogens with zero attached hydrogens (tertiary/aromatic N) is 1. The second-order valence-corrected chi connectivity index (χ2v) is 3.87. The van der Waals surface area contributed by atoms with Gasteiger partial charge in [-0.15, -0.1) is 0 Å². The number of hydrogen-bond acceptors (Lipinski definition) is 2. The van der Waals surface area contributed by atoms with Crippen LogP contribution in [-0.2, 0) is 11.3 Å². The van der Waals surface area contributed by atoms with Gasteiger partial charge in [-0.2, -0.15) is 0 Å². The van der Waals surface area contributed by atoms with Gasteiger partial charge in [-0.25, -0.2) is 4.79 Å². The molecule has 0 heterocycles. The molecule has 0 saturated carbocycles. The van der Waals surface area contributed by atoms with Crippen molar-refractivity contribution in [3.8, 4) is 0 Å². The molecule has 3 nitrogen and oxygen atoms in total. The monoisotopic (exact) mass is 257 g/mol. The molecule has 0 unspecified atom stereocenters. The van der Waals surface area contributed by atoms with E-state index in [4.69, 9.17) is 0 Å². The summed E-state index contributed by atoms with van der Waals surface area (Å²) < 4.78 is 5.62. The summed E-state index contributed by atoms with van der Waals surface area (Å²) >= 11 is 3.35. The fraction of sp³-hybridized carbons (Fsp3) is 0.300. The van der Waals surface area contributed by atoms with Crippen molar-refractivity contribution < 1.29 is 9.53 Å². The molecule has 1 aromatic carbocycles. The molecular weight excluding hydrogens is 246 g/mol. The molecule has 1 rings (SSSR count). The summed E-state index contributed by atoms with van der Waals surface area (Å²) in [5.41, 5.74) is 1.07. The minimum Gasteiger partial charge on any atom is -0.453 e. The van der Waals surface area contributed by atoms with E-state index in [9.17, 15) is 4.79 Å². The van der Waals surface area contributed by atoms with Gasteiger partial charge in [-0.05, 0) is 17.7 Å². The van der Waals surface area contributed by atoms with Crippen LogP contribution in [0.4, 0.5) is 4.79 Å². The van der Waals surface area contributed by atoms with E-state index in [0.717, 1.165) is 10.0 Å². The summed E-state index contributed by atoms with van der Waals surface area (Å²) in [7, 11) is 3.08. The molecular formula is C10H12BrNO2. The normalized spacial score (nSPS) is 9.64. The maximum absolute atomic E-state index is 11.1. The largest absolute Gasteiger partial charge is 0.453 e. The van der Waals surface area contributed by atoms with E-state index in [1.165, 1.54) is 12.0 Å². The Labute approximate surface area is 91.8 Å². The molecule has 0 aliphatic heterocycles. The van der Waals surface area contributed by atoms with E-state index in [1.807, 2.05) is 24.3 Å². The van der Waals surface area contributed by atoms with Crippen molar-refractivity contribution >= 4 is 22.0 Å². The molecule has 14 heavy (non-hydrogen) atoms. The molecule has 0 aromatic heterocycles. The highest BCUT2D eigenvalue weighted by Crippen LogP contribution is 2.11. The molecule has 0 N–H and O–H groups in total. The maximum Gasteiger partial charge on any atom is 0.409 e. The molecule has 1 amide bonds. The quantitative estimate of drug-likeness (QED) is 0.816. The first-order valence-electron chi connectivity index (χ1n) is 4.17. The fourth-order valence-electron chi connectivity index (χ4n) is 1.08. The highest BCUT2D eigenvalue weighted by molar-refractivity contribution is 9.10. The molecule has 0 aliphatic rings. The average molecular weight is 258 g/mol. The molecule has 76 valence electrons. The van der Waals surface area contributed by atoms with Crippen molar-refractivity contribution in [2.75, 3.05) is 14.2 Å². The second-order valence-electron chi connectivity index (χ2n) is 2.95. The third-order valence-electron chi connectivity index (χ3n) is 1.82. The SMILES string of the molecule is COC(=O)N(C)Cc1ccc(Br)cc1. The third-order valence-corrected chi connectivity index (χ3v) is 2.35. The van der Waals surface area contributed by atoms with Gasteiger partial charge in [-0.1, -0.05) is 28.1 Å². The van der Waals surface area contributed by atoms with Crippen LogP contribution in [0.15, 0.2) is 28.7 Å². The number of hydrogen-bond donors (Lipinski definition) is 0. The van der Waals surface area contributed by atoms with E-state index in [-0.39, 0.29) is 6.09 Å². The lowest BCUT2D eigenvalue weighted by atomic mass is 10.2. The first-order valence-corrected chi connectivity index (χ1v) is 4.96. The van der Waals surface area contributed by atoms with E-state index in [0.29, 0.717) is 6.54 Å². The number of amides is 1. The molecule has 0 aliphatic carbocycles. The van der Waals surface area contributed by atoms with Crippen LogP contribution in [0.3, 0.4) is 0 Å². The van der Waals surface area contributed by atoms with Crippen molar-refractivity contribution in [2.45, 2.75) is 6.54 Å². The van der Waals surface area contributed by atoms with Gasteiger partial charge in [0.2, 0.25) is 0 Å². The Morgan fingerprint density at radius 1 is 1.43 bits per heavy atom. The summed E-state index contributed by atoms with van der Waals surface area (Å²) in [6.45, 7) is 0.556. The van der Waals surface area contributed by atoms with Gasteiger partial charge in [0.25, 0.3) is 0 Å². The summed E-state index contributed by atoms with van der Waals surface area (Å²) in [4.78, 5) is 12.6. The molecule has 0 bridgehead atoms. The zero-order valence-corrected chi connectivity index (χ0v) is 9.74. The number of carbonyl (C=O) groups excluding carboxylic acids is 1. The summed E-state index contributed by atoms with van der Waals surface area (Å²) in [6.07, 6.45) is -0.326. The highest BCUT2D eigenvalue weighted by Gasteiger charge is 2.07. The van der Waals surface area contributed by atoms with Crippen molar-refractivity contribution in [1.82, 2.24) is 4.90 Å². The van der Waals surface area contributed by atoms with E-state index in [2.05, 4.69) is 20.7 Å². The van der Waals surface area contributed by atoms with E-state index in [1.54, 1.807) is 7.05 Å². The van der Waals surface area contributed by atoms with Gasteiger partial charge >= 0.3 is 6.09 Å². The summed E-state index contributed by atoms with van der Waals surface area (Å²) in [5.74, 6) is 0. The van der Waals surface area contributed by atoms with Crippen molar-refractivity contribution in [1.29, 1.82) is 0 Å². The van der Waals surface area contributed by atoms with Gasteiger partial charge in [0.15, 0.2) is 0 Å². The zero-order valence-electron chi connectivity index (χ0n) is 8.16. The van der Waals surface area contributed by atoms with E-state index < -0.39 is 0 Å². The van der Waals surface area contributed by atoms with E-state index >= 15 is 0 Å². The Hall–Kier alpha value is -1.03. The van der Waals surface area contributed by atoms with Crippen LogP contribution in [0, 0.1) is 0 Å². The lowest BCUT2D eigenvalue weighted by Crippen LogP contribution is -2.25. The minimum absolute atomic E-state index is 0.326. The summed E-state index contributed by atoms with van der Waals surface area (Å²) in [5, 5.41) is 0. The number of rotatable bonds is 2. The second kappa shape index (κ2) is 5.00. The van der Waals surface area contributed by atoms with Crippen LogP contribution in [-0.4, -0.2) is 25.2 Å². The maximum atomic E-state index is 11.1. The first-order chi connectivity index (χ1) is 6.63. The number of carbonyl (C=O) groups is 1. The van der Waals surface area contributed by atoms with Crippen LogP contribution >= 0.6 is 15.9 Å². The van der Waals surface area contributed by atoms with Crippen molar-refractivity contribution in [2.24, 2.45) is 0 Å². The Balaban J connectivity index is 2.60. The minimum atomic E-state index is -0.326. The van der Waals surface area contributed by atoms with Crippen molar-refractivity contribution in [3.05, 3.63) is 34.3 Å². The molecule has 0 saturated heterocycles. The Morgan fingerprint density at radius 3 is 2.50 bits per heavy atom. The average Bonchev–Trinajstić information content (AvgIpc) is 2.20. The van der Waals surface area contributed by atoms with Gasteiger partial charge in [0.1, 0.15) is 0 Å². The van der Waals surface area contributed by atoms with Crippen LogP contribution in [0.2, 0.25) is 0 Å². The Bertz CT molecular complexity index is 310. The molecule has 0 radical (unpaired) electrons. The van der Waals surface area contributed by atoms with Gasteiger partial charge in [-0.3, -0.25) is 0 Å². The zero-order chi connectivity index (χ0) is 10.6. The van der Waals surface area contributed by atoms with Gasteiger partial charge < -0.3 is 9.64 Å². The number of benzene rings is 1. The highest BCUT2D eigenvalue weighted by atomic mass is 79.9. The smallest absolute Gasteiger partial charge is 0.409 e. The number of halogens is 1. The van der Waals surface area contributed by atoms with Gasteiger partial charge in [0.05, 0.1) is 7.11 Å². The van der Waals surface area contributed by atoms with Crippen LogP contribution in [0.5, 0.6) is 0 Å². The predicted molar refractivity (Wildman–Crippen MR) is 58.0 cm³/mol. The standard InChI is InChI=1S/C10H12BrNO2/c1-12(10(13)14-2)7-8-3-5-9(11)6-4-8/h3-6H,7H2,1-2H3. The Morgan fingerprint density at radius 2 is 2.00 bits per heavy atom. The van der Waals surface area contributed by atoms with Gasteiger partial charge in [0, 0.05) is 18.1 Å². The van der Waals surface area contributed by atoms with Crippen molar-refractivity contribution in [3.63, 3.8) is 0 Å². The molecule has 0 atom stereocenters. The molecule has 0 spiro atoms. The number of methoxy groups -OCH3 is 1. The lowest BCUT2D eigenvalue weighted by Gasteiger charge is -2.15. The molecule has 1 aromatic rings. The first kappa shape index (κ1) is 11.0. The Kier molecular flexibility index (Phi) is 3.95. The van der Waals surface area contributed by atoms with Crippen LogP contribution in [0.25, 0.3) is 0 Å². The third kappa shape index (κ3) is 3.03. The molecule has 4 heteroatoms. The topological polar surface area (TPSA) is 29.5 Å². The summed E-state index contributed by atoms with van der Waals surface area (Å²) in [6, 6.07) is 7.81. The lowest BCUT2D eigenvalue weighted by molar-refractivity contribution is 0.131. The van der Waals surface area contributed by atoms with Crippen LogP contribution < -0.4 is 0 Å². The predicted octanol–water partition coefficient (Wildman–Crippen LogP) is 2.65.